The summed E-state index contributed by atoms with van der Waals surface area (Å²) in [5.41, 5.74) is 0.127. The molecule has 0 atom stereocenters. The highest BCUT2D eigenvalue weighted by Gasteiger charge is 2.52. The maximum absolute atomic E-state index is 9.00. The summed E-state index contributed by atoms with van der Waals surface area (Å²) >= 11 is 0. The predicted octanol–water partition coefficient (Wildman–Crippen LogP) is 2.89. The molecule has 1 N–H and O–H groups in total. The van der Waals surface area contributed by atoms with Crippen molar-refractivity contribution in [2.24, 2.45) is 0 Å². The fourth-order valence-electron chi connectivity index (χ4n) is 2.28. The Kier molecular flexibility index (Phi) is 7.87. The lowest BCUT2D eigenvalue weighted by Gasteiger charge is -2.32. The first-order chi connectivity index (χ1) is 12.1. The van der Waals surface area contributed by atoms with Crippen LogP contribution in [0.4, 0.5) is 0 Å². The van der Waals surface area contributed by atoms with E-state index in [0.29, 0.717) is 6.73 Å². The first-order valence-electron chi connectivity index (χ1n) is 9.31. The molecule has 1 aromatic heterocycles. The number of hydrogen-bond acceptors (Lipinski definition) is 5. The molecule has 1 aliphatic heterocycles. The van der Waals surface area contributed by atoms with E-state index < -0.39 is 21.2 Å². The Morgan fingerprint density at radius 2 is 1.74 bits per heavy atom. The number of carboxylic acids is 1. The van der Waals surface area contributed by atoms with Crippen LogP contribution >= 0.6 is 0 Å². The predicted molar refractivity (Wildman–Crippen MR) is 110 cm³/mol. The van der Waals surface area contributed by atoms with E-state index in [4.69, 9.17) is 23.9 Å². The third-order valence-electron chi connectivity index (χ3n) is 4.72. The van der Waals surface area contributed by atoms with Crippen molar-refractivity contribution < 1.29 is 23.9 Å². The molecule has 0 radical (unpaired) electrons. The number of aromatic nitrogens is 2. The number of carbonyl (C=O) groups is 1. The average molecular weight is 398 g/mol. The number of imidazole rings is 1. The van der Waals surface area contributed by atoms with Gasteiger partial charge in [-0.3, -0.25) is 4.79 Å². The lowest BCUT2D eigenvalue weighted by Crippen LogP contribution is -2.41. The van der Waals surface area contributed by atoms with Crippen LogP contribution in [-0.2, 0) is 25.6 Å². The largest absolute Gasteiger partial charge is 0.516 e. The Labute approximate surface area is 164 Å². The van der Waals surface area contributed by atoms with Gasteiger partial charge in [0, 0.05) is 27.8 Å². The van der Waals surface area contributed by atoms with Crippen LogP contribution in [0.1, 0.15) is 40.4 Å². The molecule has 0 amide bonds. The van der Waals surface area contributed by atoms with Gasteiger partial charge in [-0.2, -0.15) is 0 Å². The minimum Gasteiger partial charge on any atom is -0.481 e. The monoisotopic (exact) mass is 398 g/mol. The second-order valence-electron chi connectivity index (χ2n) is 9.14. The van der Waals surface area contributed by atoms with E-state index in [9.17, 15) is 0 Å². The van der Waals surface area contributed by atoms with Crippen LogP contribution in [0.5, 0.6) is 0 Å². The van der Waals surface area contributed by atoms with Gasteiger partial charge in [-0.05, 0) is 40.7 Å². The molecule has 154 valence electrons. The van der Waals surface area contributed by atoms with Gasteiger partial charge in [0.25, 0.3) is 5.97 Å². The zero-order valence-electron chi connectivity index (χ0n) is 18.3. The molecule has 0 aliphatic carbocycles. The quantitative estimate of drug-likeness (QED) is 0.586. The summed E-state index contributed by atoms with van der Waals surface area (Å²) in [6.45, 7) is 19.7. The minimum atomic E-state index is -1.05. The molecule has 2 heterocycles. The van der Waals surface area contributed by atoms with Gasteiger partial charge >= 0.3 is 7.12 Å². The Hall–Kier alpha value is -1.16. The Morgan fingerprint density at radius 1 is 1.26 bits per heavy atom. The molecule has 0 saturated carbocycles. The van der Waals surface area contributed by atoms with Crippen LogP contribution < -0.4 is 5.59 Å². The van der Waals surface area contributed by atoms with Crippen molar-refractivity contribution in [1.29, 1.82) is 0 Å². The maximum atomic E-state index is 9.00. The minimum absolute atomic E-state index is 0.344. The fourth-order valence-corrected chi connectivity index (χ4v) is 3.04. The Bertz CT molecular complexity index is 620. The SMILES string of the molecule is CC(=O)O.Cc1nc(B2OC(C)(C)C(C)(C)O2)cn1COCC[Si](C)(C)C. The van der Waals surface area contributed by atoms with Crippen molar-refractivity contribution in [1.82, 2.24) is 9.55 Å². The molecule has 0 unspecified atom stereocenters. The van der Waals surface area contributed by atoms with Gasteiger partial charge in [0.05, 0.1) is 16.8 Å². The number of nitrogens with zero attached hydrogens (tertiary/aromatic N) is 2. The van der Waals surface area contributed by atoms with Crippen LogP contribution in [0.25, 0.3) is 0 Å². The first-order valence-corrected chi connectivity index (χ1v) is 13.0. The molecule has 1 aliphatic rings. The zero-order chi connectivity index (χ0) is 21.0. The van der Waals surface area contributed by atoms with Crippen LogP contribution in [0.2, 0.25) is 25.7 Å². The van der Waals surface area contributed by atoms with E-state index in [1.807, 2.05) is 17.7 Å². The number of ether oxygens (including phenoxy) is 1. The smallest absolute Gasteiger partial charge is 0.481 e. The van der Waals surface area contributed by atoms with Gasteiger partial charge < -0.3 is 23.7 Å². The molecule has 0 spiro atoms. The summed E-state index contributed by atoms with van der Waals surface area (Å²) in [7, 11) is -1.46. The van der Waals surface area contributed by atoms with Crippen LogP contribution in [0, 0.1) is 6.92 Å². The summed E-state index contributed by atoms with van der Waals surface area (Å²) in [6, 6.07) is 1.17. The fraction of sp³-hybridized carbons (Fsp3) is 0.778. The van der Waals surface area contributed by atoms with Crippen molar-refractivity contribution in [3.05, 3.63) is 12.0 Å². The summed E-state index contributed by atoms with van der Waals surface area (Å²) in [5, 5.41) is 7.42. The molecule has 9 heteroatoms. The van der Waals surface area contributed by atoms with Gasteiger partial charge in [-0.1, -0.05) is 19.6 Å². The van der Waals surface area contributed by atoms with Crippen LogP contribution in [0.15, 0.2) is 6.20 Å². The highest BCUT2D eigenvalue weighted by Crippen LogP contribution is 2.36. The molecule has 0 bridgehead atoms. The molecular weight excluding hydrogens is 363 g/mol. The lowest BCUT2D eigenvalue weighted by atomic mass is 9.86. The molecule has 7 nitrogen and oxygen atoms in total. The van der Waals surface area contributed by atoms with Gasteiger partial charge in [-0.25, -0.2) is 4.98 Å². The maximum Gasteiger partial charge on any atom is 0.516 e. The first kappa shape index (κ1) is 23.9. The molecule has 27 heavy (non-hydrogen) atoms. The van der Waals surface area contributed by atoms with Crippen molar-refractivity contribution in [3.8, 4) is 0 Å². The van der Waals surface area contributed by atoms with E-state index in [2.05, 4.69) is 52.3 Å². The van der Waals surface area contributed by atoms with Gasteiger partial charge in [0.15, 0.2) is 0 Å². The molecule has 1 saturated heterocycles. The number of rotatable bonds is 6. The molecule has 0 aromatic carbocycles. The summed E-state index contributed by atoms with van der Waals surface area (Å²) < 4.78 is 19.9. The number of aryl methyl sites for hydroxylation is 1. The zero-order valence-corrected chi connectivity index (χ0v) is 19.3. The van der Waals surface area contributed by atoms with Crippen molar-refractivity contribution in [2.45, 2.75) is 85.2 Å². The summed E-state index contributed by atoms with van der Waals surface area (Å²) in [6.07, 6.45) is 1.98. The highest BCUT2D eigenvalue weighted by molar-refractivity contribution is 6.76. The second kappa shape index (κ2) is 8.90. The topological polar surface area (TPSA) is 82.8 Å². The van der Waals surface area contributed by atoms with E-state index in [1.165, 1.54) is 6.04 Å². The lowest BCUT2D eigenvalue weighted by molar-refractivity contribution is -0.134. The van der Waals surface area contributed by atoms with Crippen molar-refractivity contribution >= 4 is 26.8 Å². The Morgan fingerprint density at radius 3 is 2.19 bits per heavy atom. The van der Waals surface area contributed by atoms with Gasteiger partial charge in [-0.15, -0.1) is 0 Å². The van der Waals surface area contributed by atoms with Crippen LogP contribution in [-0.4, -0.2) is 53.6 Å². The number of hydrogen-bond donors (Lipinski definition) is 1. The highest BCUT2D eigenvalue weighted by atomic mass is 28.3. The van der Waals surface area contributed by atoms with Gasteiger partial charge in [0.2, 0.25) is 0 Å². The van der Waals surface area contributed by atoms with E-state index in [-0.39, 0.29) is 11.2 Å². The van der Waals surface area contributed by atoms with Crippen LogP contribution in [0.3, 0.4) is 0 Å². The molecule has 1 aromatic rings. The van der Waals surface area contributed by atoms with Crippen molar-refractivity contribution in [3.63, 3.8) is 0 Å². The van der Waals surface area contributed by atoms with E-state index in [1.54, 1.807) is 0 Å². The number of carboxylic acid groups (broad SMARTS) is 1. The van der Waals surface area contributed by atoms with E-state index >= 15 is 0 Å². The standard InChI is InChI=1S/C16H31BN2O3Si.C2H4O2/c1-13-18-14(17-21-15(2,3)16(4,5)22-17)11-19(13)12-20-9-10-23(6,7)8;1-2(3)4/h11H,9-10,12H2,1-8H3;1H3,(H,3,4). The number of aliphatic carboxylic acids is 1. The third-order valence-corrected chi connectivity index (χ3v) is 6.42. The second-order valence-corrected chi connectivity index (χ2v) is 14.8. The van der Waals surface area contributed by atoms with E-state index in [0.717, 1.165) is 24.9 Å². The molecule has 2 rings (SSSR count). The van der Waals surface area contributed by atoms with Gasteiger partial charge in [0.1, 0.15) is 12.6 Å². The van der Waals surface area contributed by atoms with Crippen molar-refractivity contribution in [2.75, 3.05) is 6.61 Å². The summed E-state index contributed by atoms with van der Waals surface area (Å²) in [5.74, 6) is 0.0858. The Balaban J connectivity index is 0.000000828. The summed E-state index contributed by atoms with van der Waals surface area (Å²) in [4.78, 5) is 13.6. The average Bonchev–Trinajstić information content (AvgIpc) is 2.91. The molecule has 1 fully saturated rings. The normalized spacial score (nSPS) is 18.2. The molecular formula is C18H35BN2O5Si. The third kappa shape index (κ3) is 7.40.